The molecule has 0 unspecified atom stereocenters. The molecule has 2 aromatic rings. The fourth-order valence-corrected chi connectivity index (χ4v) is 4.71. The zero-order valence-electron chi connectivity index (χ0n) is 16.4. The minimum Gasteiger partial charge on any atom is -0.352 e. The second-order valence-corrected chi connectivity index (χ2v) is 9.80. The third-order valence-electron chi connectivity index (χ3n) is 4.38. The van der Waals surface area contributed by atoms with Gasteiger partial charge in [-0.1, -0.05) is 26.0 Å². The van der Waals surface area contributed by atoms with Gasteiger partial charge < -0.3 is 10.6 Å². The second-order valence-electron chi connectivity index (χ2n) is 7.14. The van der Waals surface area contributed by atoms with Crippen LogP contribution in [0.5, 0.6) is 0 Å². The zero-order valence-corrected chi connectivity index (χ0v) is 18.0. The molecule has 3 N–H and O–H groups in total. The molecule has 1 fully saturated rings. The van der Waals surface area contributed by atoms with Gasteiger partial charge in [0.25, 0.3) is 0 Å². The number of benzene rings is 1. The lowest BCUT2D eigenvalue weighted by Gasteiger charge is -2.11. The summed E-state index contributed by atoms with van der Waals surface area (Å²) in [5, 5.41) is 9.60. The van der Waals surface area contributed by atoms with Crippen LogP contribution in [0.3, 0.4) is 0 Å². The molecule has 1 aliphatic rings. The summed E-state index contributed by atoms with van der Waals surface area (Å²) in [6.45, 7) is 5.42. The van der Waals surface area contributed by atoms with Gasteiger partial charge in [-0.05, 0) is 36.5 Å². The lowest BCUT2D eigenvalue weighted by atomic mass is 10.2. The topological polar surface area (TPSA) is 95.5 Å². The Labute approximate surface area is 170 Å². The van der Waals surface area contributed by atoms with Gasteiger partial charge >= 0.3 is 0 Å². The average molecular weight is 422 g/mol. The first-order valence-corrected chi connectivity index (χ1v) is 11.7. The molecule has 1 aromatic carbocycles. The van der Waals surface area contributed by atoms with Crippen LogP contribution >= 0.6 is 11.3 Å². The summed E-state index contributed by atoms with van der Waals surface area (Å²) < 4.78 is 27.1. The van der Waals surface area contributed by atoms with Crippen molar-refractivity contribution < 1.29 is 8.42 Å². The van der Waals surface area contributed by atoms with E-state index in [0.717, 1.165) is 29.1 Å². The van der Waals surface area contributed by atoms with E-state index in [1.54, 1.807) is 30.5 Å². The number of sulfonamides is 1. The predicted molar refractivity (Wildman–Crippen MR) is 113 cm³/mol. The molecular weight excluding hydrogens is 394 g/mol. The van der Waals surface area contributed by atoms with Crippen molar-refractivity contribution in [1.29, 1.82) is 0 Å². The molecule has 0 saturated heterocycles. The van der Waals surface area contributed by atoms with Crippen LogP contribution in [-0.4, -0.2) is 32.5 Å². The molecule has 1 aromatic heterocycles. The van der Waals surface area contributed by atoms with E-state index >= 15 is 0 Å². The van der Waals surface area contributed by atoms with Gasteiger partial charge in [0.15, 0.2) is 5.96 Å². The van der Waals surface area contributed by atoms with Crippen LogP contribution in [0.15, 0.2) is 39.5 Å². The van der Waals surface area contributed by atoms with Crippen molar-refractivity contribution in [1.82, 2.24) is 20.3 Å². The molecule has 1 heterocycles. The highest BCUT2D eigenvalue weighted by Crippen LogP contribution is 2.22. The number of nitrogens with one attached hydrogen (secondary N) is 3. The Morgan fingerprint density at radius 3 is 2.46 bits per heavy atom. The average Bonchev–Trinajstić information content (AvgIpc) is 3.33. The Morgan fingerprint density at radius 2 is 1.89 bits per heavy atom. The van der Waals surface area contributed by atoms with Gasteiger partial charge in [-0.15, -0.1) is 11.3 Å². The van der Waals surface area contributed by atoms with Gasteiger partial charge in [0, 0.05) is 25.0 Å². The van der Waals surface area contributed by atoms with Crippen LogP contribution < -0.4 is 15.4 Å². The number of hydrogen-bond acceptors (Lipinski definition) is 5. The quantitative estimate of drug-likeness (QED) is 0.450. The summed E-state index contributed by atoms with van der Waals surface area (Å²) in [5.41, 5.74) is 2.08. The largest absolute Gasteiger partial charge is 0.352 e. The molecule has 0 radical (unpaired) electrons. The third kappa shape index (κ3) is 5.76. The van der Waals surface area contributed by atoms with E-state index in [1.807, 2.05) is 12.1 Å². The highest BCUT2D eigenvalue weighted by molar-refractivity contribution is 7.89. The summed E-state index contributed by atoms with van der Waals surface area (Å²) in [4.78, 5) is 9.13. The minimum atomic E-state index is -3.41. The first-order chi connectivity index (χ1) is 13.4. The first kappa shape index (κ1) is 20.8. The normalized spacial score (nSPS) is 15.1. The number of hydrogen-bond donors (Lipinski definition) is 3. The summed E-state index contributed by atoms with van der Waals surface area (Å²) in [6.07, 6.45) is 1.85. The maximum atomic E-state index is 12.2. The molecule has 0 spiro atoms. The molecule has 9 heteroatoms. The summed E-state index contributed by atoms with van der Waals surface area (Å²) >= 11 is 1.64. The van der Waals surface area contributed by atoms with Crippen LogP contribution in [0.1, 0.15) is 48.9 Å². The second kappa shape index (κ2) is 9.02. The molecule has 0 atom stereocenters. The van der Waals surface area contributed by atoms with Crippen molar-refractivity contribution in [3.63, 3.8) is 0 Å². The van der Waals surface area contributed by atoms with E-state index < -0.39 is 10.0 Å². The number of aliphatic imine (C=N–C) groups is 1. The zero-order chi connectivity index (χ0) is 20.1. The van der Waals surface area contributed by atoms with Crippen molar-refractivity contribution in [3.05, 3.63) is 45.9 Å². The van der Waals surface area contributed by atoms with Gasteiger partial charge in [0.1, 0.15) is 5.01 Å². The maximum Gasteiger partial charge on any atom is 0.240 e. The van der Waals surface area contributed by atoms with Crippen LogP contribution in [-0.2, 0) is 23.1 Å². The Balaban J connectivity index is 1.50. The lowest BCUT2D eigenvalue weighted by Crippen LogP contribution is -2.36. The molecule has 0 amide bonds. The van der Waals surface area contributed by atoms with Gasteiger partial charge in [-0.25, -0.2) is 18.1 Å². The summed E-state index contributed by atoms with van der Waals surface area (Å²) in [6, 6.07) is 7.02. The Bertz CT molecular complexity index is 916. The summed E-state index contributed by atoms with van der Waals surface area (Å²) in [7, 11) is -1.69. The molecule has 7 nitrogen and oxygen atoms in total. The maximum absolute atomic E-state index is 12.2. The van der Waals surface area contributed by atoms with E-state index in [4.69, 9.17) is 0 Å². The van der Waals surface area contributed by atoms with E-state index in [9.17, 15) is 8.42 Å². The van der Waals surface area contributed by atoms with Gasteiger partial charge in [-0.2, -0.15) is 0 Å². The van der Waals surface area contributed by atoms with Crippen molar-refractivity contribution >= 4 is 27.3 Å². The lowest BCUT2D eigenvalue weighted by molar-refractivity contribution is 0.581. The van der Waals surface area contributed by atoms with Crippen molar-refractivity contribution in [3.8, 4) is 0 Å². The number of aromatic nitrogens is 1. The van der Waals surface area contributed by atoms with Gasteiger partial charge in [0.2, 0.25) is 10.0 Å². The molecule has 1 aliphatic carbocycles. The molecule has 152 valence electrons. The van der Waals surface area contributed by atoms with Crippen molar-refractivity contribution in [2.75, 3.05) is 7.05 Å². The fourth-order valence-electron chi connectivity index (χ4n) is 2.51. The van der Waals surface area contributed by atoms with E-state index in [1.165, 1.54) is 0 Å². The fraction of sp³-hybridized carbons (Fsp3) is 0.474. The monoisotopic (exact) mass is 421 g/mol. The van der Waals surface area contributed by atoms with Gasteiger partial charge in [0.05, 0.1) is 17.1 Å². The number of guanidine groups is 1. The van der Waals surface area contributed by atoms with E-state index in [0.29, 0.717) is 29.9 Å². The number of thiazole rings is 1. The third-order valence-corrected chi connectivity index (χ3v) is 6.79. The number of nitrogens with zero attached hydrogens (tertiary/aromatic N) is 2. The Hall–Kier alpha value is -1.97. The summed E-state index contributed by atoms with van der Waals surface area (Å²) in [5.74, 6) is 1.10. The van der Waals surface area contributed by atoms with Gasteiger partial charge in [-0.3, -0.25) is 4.99 Å². The smallest absolute Gasteiger partial charge is 0.240 e. The Kier molecular flexibility index (Phi) is 6.69. The Morgan fingerprint density at radius 1 is 1.21 bits per heavy atom. The SMILES string of the molecule is CN=C(NCc1ccc(S(=O)(=O)NC2CC2)cc1)NCc1nc(C(C)C)cs1. The van der Waals surface area contributed by atoms with Crippen LogP contribution in [0, 0.1) is 0 Å². The van der Waals surface area contributed by atoms with E-state index in [-0.39, 0.29) is 6.04 Å². The molecule has 28 heavy (non-hydrogen) atoms. The molecule has 1 saturated carbocycles. The van der Waals surface area contributed by atoms with Crippen LogP contribution in [0.4, 0.5) is 0 Å². The highest BCUT2D eigenvalue weighted by Gasteiger charge is 2.27. The van der Waals surface area contributed by atoms with Crippen LogP contribution in [0.2, 0.25) is 0 Å². The van der Waals surface area contributed by atoms with Crippen molar-refractivity contribution in [2.24, 2.45) is 4.99 Å². The number of rotatable bonds is 8. The molecular formula is C19H27N5O2S2. The van der Waals surface area contributed by atoms with Crippen LogP contribution in [0.25, 0.3) is 0 Å². The van der Waals surface area contributed by atoms with E-state index in [2.05, 4.69) is 44.6 Å². The van der Waals surface area contributed by atoms with Crippen molar-refractivity contribution in [2.45, 2.75) is 56.6 Å². The highest BCUT2D eigenvalue weighted by atomic mass is 32.2. The molecule has 3 rings (SSSR count). The molecule has 0 aliphatic heterocycles. The standard InChI is InChI=1S/C19H27N5O2S2/c1-13(2)17-12-27-18(23-17)11-22-19(20-3)21-10-14-4-8-16(9-5-14)28(25,26)24-15-6-7-15/h4-5,8-9,12-13,15,24H,6-7,10-11H2,1-3H3,(H2,20,21,22). The molecule has 0 bridgehead atoms. The first-order valence-electron chi connectivity index (χ1n) is 9.37. The minimum absolute atomic E-state index is 0.107. The predicted octanol–water partition coefficient (Wildman–Crippen LogP) is 2.57.